The molecular weight excluding hydrogens is 310 g/mol. The van der Waals surface area contributed by atoms with Crippen molar-refractivity contribution in [2.75, 3.05) is 39.3 Å². The van der Waals surface area contributed by atoms with Crippen LogP contribution in [0.15, 0.2) is 30.3 Å². The highest BCUT2D eigenvalue weighted by Gasteiger charge is 2.24. The largest absolute Gasteiger partial charge is 0.352 e. The number of carbonyl (C=O) groups is 1. The van der Waals surface area contributed by atoms with Crippen molar-refractivity contribution < 1.29 is 4.79 Å². The van der Waals surface area contributed by atoms with Crippen LogP contribution >= 0.6 is 0 Å². The maximum atomic E-state index is 12.4. The van der Waals surface area contributed by atoms with Gasteiger partial charge in [-0.1, -0.05) is 50.1 Å². The van der Waals surface area contributed by atoms with Crippen molar-refractivity contribution in [1.29, 1.82) is 0 Å². The molecule has 3 rings (SSSR count). The Morgan fingerprint density at radius 3 is 2.44 bits per heavy atom. The van der Waals surface area contributed by atoms with Crippen molar-refractivity contribution in [3.63, 3.8) is 0 Å². The molecule has 2 fully saturated rings. The summed E-state index contributed by atoms with van der Waals surface area (Å²) in [6.07, 6.45) is 6.10. The van der Waals surface area contributed by atoms with E-state index in [0.29, 0.717) is 18.5 Å². The van der Waals surface area contributed by atoms with E-state index >= 15 is 0 Å². The summed E-state index contributed by atoms with van der Waals surface area (Å²) < 4.78 is 0. The van der Waals surface area contributed by atoms with Crippen LogP contribution in [0.5, 0.6) is 0 Å². The maximum absolute atomic E-state index is 12.4. The van der Waals surface area contributed by atoms with Gasteiger partial charge in [-0.2, -0.15) is 0 Å². The molecule has 25 heavy (non-hydrogen) atoms. The lowest BCUT2D eigenvalue weighted by atomic mass is 9.86. The topological polar surface area (TPSA) is 35.6 Å². The predicted molar refractivity (Wildman–Crippen MR) is 103 cm³/mol. The first-order chi connectivity index (χ1) is 12.2. The highest BCUT2D eigenvalue weighted by atomic mass is 16.2. The van der Waals surface area contributed by atoms with Gasteiger partial charge in [0.2, 0.25) is 5.91 Å². The number of nitrogens with zero attached hydrogens (tertiary/aromatic N) is 2. The Hall–Kier alpha value is -1.39. The summed E-state index contributed by atoms with van der Waals surface area (Å²) in [6.45, 7) is 8.10. The molecule has 2 atom stereocenters. The van der Waals surface area contributed by atoms with Crippen molar-refractivity contribution in [2.24, 2.45) is 5.92 Å². The predicted octanol–water partition coefficient (Wildman–Crippen LogP) is 2.54. The lowest BCUT2D eigenvalue weighted by Crippen LogP contribution is -2.51. The van der Waals surface area contributed by atoms with Crippen LogP contribution < -0.4 is 5.32 Å². The third kappa shape index (κ3) is 5.82. The Labute approximate surface area is 152 Å². The summed E-state index contributed by atoms with van der Waals surface area (Å²) in [5.41, 5.74) is 1.41. The molecule has 138 valence electrons. The van der Waals surface area contributed by atoms with Crippen molar-refractivity contribution in [2.45, 2.75) is 45.1 Å². The second-order valence-electron chi connectivity index (χ2n) is 7.79. The molecule has 0 unspecified atom stereocenters. The van der Waals surface area contributed by atoms with Gasteiger partial charge in [0.1, 0.15) is 0 Å². The van der Waals surface area contributed by atoms with E-state index in [4.69, 9.17) is 0 Å². The summed E-state index contributed by atoms with van der Waals surface area (Å²) in [5, 5.41) is 3.28. The molecule has 1 aromatic rings. The number of benzene rings is 1. The fourth-order valence-corrected chi connectivity index (χ4v) is 4.09. The van der Waals surface area contributed by atoms with Crippen molar-refractivity contribution in [3.8, 4) is 0 Å². The van der Waals surface area contributed by atoms with Crippen LogP contribution in [0.1, 0.15) is 38.2 Å². The van der Waals surface area contributed by atoms with E-state index in [1.54, 1.807) is 0 Å². The first-order valence-corrected chi connectivity index (χ1v) is 9.99. The van der Waals surface area contributed by atoms with Crippen molar-refractivity contribution >= 4 is 5.91 Å². The van der Waals surface area contributed by atoms with Crippen LogP contribution in [-0.4, -0.2) is 61.0 Å². The number of piperazine rings is 1. The van der Waals surface area contributed by atoms with Crippen LogP contribution in [0.3, 0.4) is 0 Å². The Balaban J connectivity index is 1.34. The second-order valence-corrected chi connectivity index (χ2v) is 7.79. The number of rotatable bonds is 6. The number of carbonyl (C=O) groups excluding carboxylic acids is 1. The quantitative estimate of drug-likeness (QED) is 0.862. The van der Waals surface area contributed by atoms with E-state index in [0.717, 1.165) is 45.6 Å². The molecule has 0 radical (unpaired) electrons. The Morgan fingerprint density at radius 2 is 1.72 bits per heavy atom. The Kier molecular flexibility index (Phi) is 6.88. The molecule has 4 heteroatoms. The average molecular weight is 344 g/mol. The first-order valence-electron chi connectivity index (χ1n) is 9.99. The zero-order chi connectivity index (χ0) is 17.5. The fraction of sp³-hybridized carbons (Fsp3) is 0.667. The summed E-state index contributed by atoms with van der Waals surface area (Å²) in [6, 6.07) is 11.1. The Bertz CT molecular complexity index is 525. The zero-order valence-electron chi connectivity index (χ0n) is 15.6. The van der Waals surface area contributed by atoms with E-state index in [2.05, 4.69) is 52.4 Å². The summed E-state index contributed by atoms with van der Waals surface area (Å²) >= 11 is 0. The van der Waals surface area contributed by atoms with Gasteiger partial charge in [-0.15, -0.1) is 0 Å². The van der Waals surface area contributed by atoms with Crippen LogP contribution in [0, 0.1) is 5.92 Å². The van der Waals surface area contributed by atoms with Gasteiger partial charge in [-0.3, -0.25) is 9.69 Å². The number of nitrogens with one attached hydrogen (secondary N) is 1. The normalized spacial score (nSPS) is 25.6. The molecule has 1 aliphatic carbocycles. The lowest BCUT2D eigenvalue weighted by molar-refractivity contribution is -0.124. The van der Waals surface area contributed by atoms with E-state index in [9.17, 15) is 4.79 Å². The Morgan fingerprint density at radius 1 is 1.04 bits per heavy atom. The van der Waals surface area contributed by atoms with E-state index in [-0.39, 0.29) is 5.91 Å². The van der Waals surface area contributed by atoms with E-state index in [1.165, 1.54) is 24.8 Å². The lowest BCUT2D eigenvalue weighted by Gasteiger charge is -2.35. The third-order valence-corrected chi connectivity index (χ3v) is 5.85. The molecule has 1 saturated carbocycles. The monoisotopic (exact) mass is 343 g/mol. The molecule has 1 aliphatic heterocycles. The van der Waals surface area contributed by atoms with Crippen molar-refractivity contribution in [3.05, 3.63) is 35.9 Å². The van der Waals surface area contributed by atoms with Crippen LogP contribution in [0.25, 0.3) is 0 Å². The minimum atomic E-state index is 0.219. The van der Waals surface area contributed by atoms with Gasteiger partial charge < -0.3 is 10.2 Å². The van der Waals surface area contributed by atoms with Gasteiger partial charge in [-0.05, 0) is 30.7 Å². The summed E-state index contributed by atoms with van der Waals surface area (Å²) in [4.78, 5) is 17.2. The maximum Gasteiger partial charge on any atom is 0.234 e. The summed E-state index contributed by atoms with van der Waals surface area (Å²) in [5.74, 6) is 0.851. The van der Waals surface area contributed by atoms with E-state index in [1.807, 2.05) is 0 Å². The fourth-order valence-electron chi connectivity index (χ4n) is 4.09. The molecule has 1 amide bonds. The summed E-state index contributed by atoms with van der Waals surface area (Å²) in [7, 11) is 0. The SMILES string of the molecule is C[C@H]1CCCC[C@@H]1NC(=O)CN1CCN(CCc2ccccc2)CC1. The zero-order valence-corrected chi connectivity index (χ0v) is 15.6. The molecular formula is C21H33N3O. The van der Waals surface area contributed by atoms with Crippen LogP contribution in [-0.2, 0) is 11.2 Å². The molecule has 1 N–H and O–H groups in total. The second kappa shape index (κ2) is 9.35. The molecule has 1 saturated heterocycles. The molecule has 1 aromatic carbocycles. The standard InChI is InChI=1S/C21H33N3O/c1-18-7-5-6-10-20(18)22-21(25)17-24-15-13-23(14-16-24)12-11-19-8-3-2-4-9-19/h2-4,8-9,18,20H,5-7,10-17H2,1H3,(H,22,25)/t18-,20-/m0/s1. The first kappa shape index (κ1) is 18.4. The van der Waals surface area contributed by atoms with Gasteiger partial charge in [0.25, 0.3) is 0 Å². The number of amides is 1. The van der Waals surface area contributed by atoms with Gasteiger partial charge >= 0.3 is 0 Å². The smallest absolute Gasteiger partial charge is 0.234 e. The van der Waals surface area contributed by atoms with Gasteiger partial charge in [0.05, 0.1) is 6.54 Å². The number of hydrogen-bond donors (Lipinski definition) is 1. The molecule has 0 bridgehead atoms. The minimum Gasteiger partial charge on any atom is -0.352 e. The third-order valence-electron chi connectivity index (χ3n) is 5.85. The van der Waals surface area contributed by atoms with Gasteiger partial charge in [0.15, 0.2) is 0 Å². The van der Waals surface area contributed by atoms with E-state index < -0.39 is 0 Å². The average Bonchev–Trinajstić information content (AvgIpc) is 2.64. The van der Waals surface area contributed by atoms with Crippen LogP contribution in [0.4, 0.5) is 0 Å². The van der Waals surface area contributed by atoms with Gasteiger partial charge in [-0.25, -0.2) is 0 Å². The van der Waals surface area contributed by atoms with Crippen molar-refractivity contribution in [1.82, 2.24) is 15.1 Å². The molecule has 0 spiro atoms. The highest BCUT2D eigenvalue weighted by molar-refractivity contribution is 5.78. The number of hydrogen-bond acceptors (Lipinski definition) is 3. The minimum absolute atomic E-state index is 0.219. The molecule has 2 aliphatic rings. The highest BCUT2D eigenvalue weighted by Crippen LogP contribution is 2.23. The van der Waals surface area contributed by atoms with Gasteiger partial charge in [0, 0.05) is 38.8 Å². The molecule has 4 nitrogen and oxygen atoms in total. The molecule has 0 aromatic heterocycles. The molecule has 1 heterocycles. The van der Waals surface area contributed by atoms with Crippen LogP contribution in [0.2, 0.25) is 0 Å².